The van der Waals surface area contributed by atoms with Crippen LogP contribution in [-0.4, -0.2) is 38.1 Å². The van der Waals surface area contributed by atoms with Crippen molar-refractivity contribution in [1.82, 2.24) is 20.0 Å². The fourth-order valence-corrected chi connectivity index (χ4v) is 2.28. The summed E-state index contributed by atoms with van der Waals surface area (Å²) in [5, 5.41) is 16.5. The molecule has 1 amide bonds. The highest BCUT2D eigenvalue weighted by Crippen LogP contribution is 2.23. The van der Waals surface area contributed by atoms with Crippen LogP contribution in [0.2, 0.25) is 0 Å². The summed E-state index contributed by atoms with van der Waals surface area (Å²) in [5.41, 5.74) is 0.147. The van der Waals surface area contributed by atoms with Gasteiger partial charge in [-0.25, -0.2) is 9.78 Å². The molecule has 0 radical (unpaired) electrons. The summed E-state index contributed by atoms with van der Waals surface area (Å²) in [7, 11) is 0. The molecule has 24 heavy (non-hydrogen) atoms. The lowest BCUT2D eigenvalue weighted by Gasteiger charge is -2.23. The van der Waals surface area contributed by atoms with Crippen LogP contribution in [0.5, 0.6) is 0 Å². The average Bonchev–Trinajstić information content (AvgIpc) is 3.06. The number of rotatable bonds is 5. The highest BCUT2D eigenvalue weighted by molar-refractivity contribution is 5.67. The number of imidazole rings is 1. The van der Waals surface area contributed by atoms with Crippen LogP contribution in [0, 0.1) is 6.92 Å². The van der Waals surface area contributed by atoms with Crippen LogP contribution in [0.3, 0.4) is 0 Å². The molecule has 8 nitrogen and oxygen atoms in total. The van der Waals surface area contributed by atoms with Crippen LogP contribution in [0.25, 0.3) is 0 Å². The number of aliphatic hydroxyl groups is 1. The third-order valence-electron chi connectivity index (χ3n) is 3.22. The molecule has 0 saturated carbocycles. The second-order valence-electron chi connectivity index (χ2n) is 6.64. The molecule has 1 unspecified atom stereocenters. The van der Waals surface area contributed by atoms with Gasteiger partial charge in [-0.3, -0.25) is 0 Å². The van der Waals surface area contributed by atoms with Gasteiger partial charge in [-0.15, -0.1) is 0 Å². The predicted octanol–water partition coefficient (Wildman–Crippen LogP) is 2.35. The number of ether oxygens (including phenoxy) is 1. The van der Waals surface area contributed by atoms with E-state index in [1.54, 1.807) is 50.7 Å². The molecular formula is C16H24N4O4. The Labute approximate surface area is 140 Å². The summed E-state index contributed by atoms with van der Waals surface area (Å²) >= 11 is 0. The number of nitrogens with one attached hydrogen (secondary N) is 1. The van der Waals surface area contributed by atoms with Gasteiger partial charge in [-0.2, -0.15) is 0 Å². The van der Waals surface area contributed by atoms with Gasteiger partial charge >= 0.3 is 6.09 Å². The molecule has 0 aliphatic rings. The van der Waals surface area contributed by atoms with Crippen molar-refractivity contribution in [1.29, 1.82) is 0 Å². The Morgan fingerprint density at radius 3 is 2.75 bits per heavy atom. The first-order valence-corrected chi connectivity index (χ1v) is 7.78. The molecule has 8 heteroatoms. The van der Waals surface area contributed by atoms with Gasteiger partial charge in [0.25, 0.3) is 0 Å². The van der Waals surface area contributed by atoms with E-state index in [-0.39, 0.29) is 6.54 Å². The van der Waals surface area contributed by atoms with Gasteiger partial charge in [-0.05, 0) is 34.6 Å². The Kier molecular flexibility index (Phi) is 5.28. The average molecular weight is 336 g/mol. The summed E-state index contributed by atoms with van der Waals surface area (Å²) in [5.74, 6) is 1.03. The van der Waals surface area contributed by atoms with E-state index >= 15 is 0 Å². The van der Waals surface area contributed by atoms with Crippen molar-refractivity contribution in [3.63, 3.8) is 0 Å². The van der Waals surface area contributed by atoms with E-state index in [0.717, 1.165) is 5.69 Å². The molecule has 2 N–H and O–H groups in total. The molecule has 0 aliphatic carbocycles. The summed E-state index contributed by atoms with van der Waals surface area (Å²) in [4.78, 5) is 16.1. The minimum absolute atomic E-state index is 0.208. The van der Waals surface area contributed by atoms with Crippen LogP contribution in [0.4, 0.5) is 4.79 Å². The van der Waals surface area contributed by atoms with Crippen LogP contribution in [0.1, 0.15) is 57.1 Å². The van der Waals surface area contributed by atoms with E-state index in [1.165, 1.54) is 0 Å². The molecule has 2 aromatic rings. The third kappa shape index (κ3) is 4.58. The van der Waals surface area contributed by atoms with Crippen molar-refractivity contribution in [3.8, 4) is 0 Å². The Morgan fingerprint density at radius 2 is 2.21 bits per heavy atom. The molecule has 0 saturated heterocycles. The lowest BCUT2D eigenvalue weighted by atomic mass is 10.2. The van der Waals surface area contributed by atoms with Gasteiger partial charge in [0, 0.05) is 25.0 Å². The fraction of sp³-hybridized carbons (Fsp3) is 0.562. The van der Waals surface area contributed by atoms with Gasteiger partial charge in [0.15, 0.2) is 5.76 Å². The van der Waals surface area contributed by atoms with Gasteiger partial charge in [-0.1, -0.05) is 5.16 Å². The van der Waals surface area contributed by atoms with Gasteiger partial charge in [0.2, 0.25) is 0 Å². The van der Waals surface area contributed by atoms with E-state index in [4.69, 9.17) is 9.26 Å². The third-order valence-corrected chi connectivity index (χ3v) is 3.22. The predicted molar refractivity (Wildman–Crippen MR) is 86.5 cm³/mol. The molecule has 2 heterocycles. The molecule has 2 atom stereocenters. The van der Waals surface area contributed by atoms with Crippen LogP contribution in [0.15, 0.2) is 23.0 Å². The number of carbonyl (C=O) groups excluding carboxylic acids is 1. The van der Waals surface area contributed by atoms with Crippen molar-refractivity contribution in [3.05, 3.63) is 35.7 Å². The van der Waals surface area contributed by atoms with E-state index in [2.05, 4.69) is 15.5 Å². The SMILES string of the molecule is Cc1cc(C(CNC(=O)OC(C)(C)C)n2ccnc2[C@H](C)O)on1. The zero-order chi connectivity index (χ0) is 17.9. The first-order valence-electron chi connectivity index (χ1n) is 7.78. The Balaban J connectivity index is 2.21. The summed E-state index contributed by atoms with van der Waals surface area (Å²) in [6.45, 7) is 9.04. The van der Waals surface area contributed by atoms with E-state index < -0.39 is 23.8 Å². The highest BCUT2D eigenvalue weighted by Gasteiger charge is 2.24. The number of aliphatic hydroxyl groups excluding tert-OH is 1. The van der Waals surface area contributed by atoms with Crippen LogP contribution >= 0.6 is 0 Å². The molecule has 0 bridgehead atoms. The van der Waals surface area contributed by atoms with Crippen molar-refractivity contribution in [2.75, 3.05) is 6.54 Å². The van der Waals surface area contributed by atoms with Crippen molar-refractivity contribution in [2.45, 2.75) is 52.4 Å². The standard InChI is InChI=1S/C16H24N4O4/c1-10-8-13(24-19-10)12(9-18-15(22)23-16(3,4)5)20-7-6-17-14(20)11(2)21/h6-8,11-12,21H,9H2,1-5H3,(H,18,22)/t11-,12?/m0/s1. The van der Waals surface area contributed by atoms with Gasteiger partial charge < -0.3 is 24.3 Å². The maximum atomic E-state index is 11.9. The second-order valence-corrected chi connectivity index (χ2v) is 6.64. The van der Waals surface area contributed by atoms with Crippen molar-refractivity contribution in [2.24, 2.45) is 0 Å². The molecule has 2 aromatic heterocycles. The van der Waals surface area contributed by atoms with Crippen LogP contribution < -0.4 is 5.32 Å². The number of nitrogens with zero attached hydrogens (tertiary/aromatic N) is 3. The van der Waals surface area contributed by atoms with E-state index in [0.29, 0.717) is 11.6 Å². The number of aromatic nitrogens is 3. The number of aryl methyl sites for hydroxylation is 1. The summed E-state index contributed by atoms with van der Waals surface area (Å²) in [6, 6.07) is 1.39. The molecule has 0 spiro atoms. The van der Waals surface area contributed by atoms with Gasteiger partial charge in [0.05, 0.1) is 5.69 Å². The smallest absolute Gasteiger partial charge is 0.407 e. The molecular weight excluding hydrogens is 312 g/mol. The van der Waals surface area contributed by atoms with Gasteiger partial charge in [0.1, 0.15) is 23.6 Å². The number of alkyl carbamates (subject to hydrolysis) is 1. The molecule has 132 valence electrons. The molecule has 0 aromatic carbocycles. The second kappa shape index (κ2) is 7.04. The number of carbonyl (C=O) groups is 1. The first kappa shape index (κ1) is 18.0. The van der Waals surface area contributed by atoms with E-state index in [1.807, 2.05) is 6.92 Å². The minimum atomic E-state index is -0.756. The molecule has 0 aliphatic heterocycles. The maximum absolute atomic E-state index is 11.9. The first-order chi connectivity index (χ1) is 11.2. The lowest BCUT2D eigenvalue weighted by Crippen LogP contribution is -2.36. The Hall–Kier alpha value is -2.35. The summed E-state index contributed by atoms with van der Waals surface area (Å²) < 4.78 is 12.4. The number of hydrogen-bond donors (Lipinski definition) is 2. The van der Waals surface area contributed by atoms with E-state index in [9.17, 15) is 9.90 Å². The van der Waals surface area contributed by atoms with Crippen LogP contribution in [-0.2, 0) is 4.74 Å². The number of amides is 1. The zero-order valence-electron chi connectivity index (χ0n) is 14.6. The van der Waals surface area contributed by atoms with Crippen molar-refractivity contribution >= 4 is 6.09 Å². The Bertz CT molecular complexity index is 684. The number of hydrogen-bond acceptors (Lipinski definition) is 6. The monoisotopic (exact) mass is 336 g/mol. The maximum Gasteiger partial charge on any atom is 0.407 e. The quantitative estimate of drug-likeness (QED) is 0.869. The molecule has 2 rings (SSSR count). The lowest BCUT2D eigenvalue weighted by molar-refractivity contribution is 0.0520. The van der Waals surface area contributed by atoms with Crippen molar-refractivity contribution < 1.29 is 19.2 Å². The molecule has 0 fully saturated rings. The largest absolute Gasteiger partial charge is 0.444 e. The normalized spacial score (nSPS) is 14.2. The Morgan fingerprint density at radius 1 is 1.50 bits per heavy atom. The zero-order valence-corrected chi connectivity index (χ0v) is 14.6. The fourth-order valence-electron chi connectivity index (χ4n) is 2.28. The summed E-state index contributed by atoms with van der Waals surface area (Å²) in [6.07, 6.45) is 2.03. The topological polar surface area (TPSA) is 102 Å². The minimum Gasteiger partial charge on any atom is -0.444 e. The highest BCUT2D eigenvalue weighted by atomic mass is 16.6.